The topological polar surface area (TPSA) is 118 Å². The molecule has 0 N–H and O–H groups in total. The van der Waals surface area contributed by atoms with Gasteiger partial charge in [-0.05, 0) is 85.5 Å². The van der Waals surface area contributed by atoms with Crippen LogP contribution in [0, 0.1) is 10.1 Å². The molecule has 2 aliphatic rings. The van der Waals surface area contributed by atoms with Crippen molar-refractivity contribution in [3.05, 3.63) is 129 Å². The summed E-state index contributed by atoms with van der Waals surface area (Å²) in [4.78, 5) is 64.8. The lowest BCUT2D eigenvalue weighted by atomic mass is 9.71. The van der Waals surface area contributed by atoms with E-state index in [1.807, 2.05) is 0 Å². The number of hydrogen-bond donors (Lipinski definition) is 0. The molecule has 19 heteroatoms. The van der Waals surface area contributed by atoms with Crippen LogP contribution >= 0.6 is 55.1 Å². The normalized spacial score (nSPS) is 14.8. The van der Waals surface area contributed by atoms with Crippen molar-refractivity contribution < 1.29 is 50.4 Å². The van der Waals surface area contributed by atoms with Gasteiger partial charge in [0, 0.05) is 26.1 Å². The van der Waals surface area contributed by atoms with Crippen LogP contribution in [0.2, 0.25) is 10.0 Å². The van der Waals surface area contributed by atoms with Crippen molar-refractivity contribution >= 4 is 95.8 Å². The van der Waals surface area contributed by atoms with Gasteiger partial charge in [0.25, 0.3) is 29.3 Å². The first kappa shape index (κ1) is 35.5. The number of amides is 4. The zero-order chi connectivity index (χ0) is 36.8. The fourth-order valence-corrected chi connectivity index (χ4v) is 7.90. The molecule has 0 unspecified atom stereocenters. The lowest BCUT2D eigenvalue weighted by Gasteiger charge is -2.38. The number of alkyl halides is 6. The van der Waals surface area contributed by atoms with E-state index in [1.165, 1.54) is 18.2 Å². The zero-order valence-corrected chi connectivity index (χ0v) is 28.6. The third-order valence-electron chi connectivity index (χ3n) is 8.08. The first-order chi connectivity index (χ1) is 23.2. The Morgan fingerprint density at radius 2 is 1.06 bits per heavy atom. The van der Waals surface area contributed by atoms with Crippen LogP contribution in [0.25, 0.3) is 0 Å². The number of nitrogens with zero attached hydrogens (tertiary/aromatic N) is 3. The van der Waals surface area contributed by atoms with Crippen molar-refractivity contribution in [1.29, 1.82) is 0 Å². The highest BCUT2D eigenvalue weighted by Gasteiger charge is 2.73. The quantitative estimate of drug-likeness (QED) is 0.0854. The average molecular weight is 866 g/mol. The number of nitro benzene ring substituents is 1. The molecule has 4 aromatic carbocycles. The number of halogens is 10. The molecule has 0 fully saturated rings. The lowest BCUT2D eigenvalue weighted by Crippen LogP contribution is -2.55. The van der Waals surface area contributed by atoms with E-state index in [0.29, 0.717) is 40.1 Å². The summed E-state index contributed by atoms with van der Waals surface area (Å²) < 4.78 is 90.5. The summed E-state index contributed by atoms with van der Waals surface area (Å²) in [5.74, 6) is -4.81. The number of anilines is 2. The van der Waals surface area contributed by atoms with Crippen LogP contribution in [0.4, 0.5) is 43.4 Å². The molecule has 2 heterocycles. The molecular formula is C31H11Br2Cl2F6N3O6. The summed E-state index contributed by atoms with van der Waals surface area (Å²) in [7, 11) is 0. The number of carbonyl (C=O) groups excluding carboxylic acids is 4. The fourth-order valence-electron chi connectivity index (χ4n) is 5.89. The van der Waals surface area contributed by atoms with E-state index >= 15 is 26.3 Å². The van der Waals surface area contributed by atoms with E-state index in [-0.39, 0.29) is 36.4 Å². The Morgan fingerprint density at radius 3 is 1.50 bits per heavy atom. The third-order valence-corrected chi connectivity index (χ3v) is 9.82. The maximum Gasteiger partial charge on any atom is 0.411 e. The predicted octanol–water partition coefficient (Wildman–Crippen LogP) is 9.44. The van der Waals surface area contributed by atoms with Crippen LogP contribution in [-0.4, -0.2) is 40.9 Å². The summed E-state index contributed by atoms with van der Waals surface area (Å²) >= 11 is 18.0. The second-order valence-electron chi connectivity index (χ2n) is 10.8. The van der Waals surface area contributed by atoms with Crippen molar-refractivity contribution in [2.45, 2.75) is 17.8 Å². The minimum atomic E-state index is -6.19. The standard InChI is InChI=1S/C31H11Br2Cl2F6N3O6/c32-20-10-15(44(49)50)11-21(33)24(20)43-26(46)17-5-2-13(8-19(17)28(43)48)29(30(36,37)38,31(39,40)41)12-1-4-16-18(7-12)27(47)42(25(16)45)23-6-3-14(34)9-22(23)35/h1-11H. The van der Waals surface area contributed by atoms with E-state index in [2.05, 4.69) is 31.9 Å². The number of non-ortho nitro benzene ring substituents is 1. The first-order valence-electron chi connectivity index (χ1n) is 13.5. The molecule has 6 rings (SSSR count). The summed E-state index contributed by atoms with van der Waals surface area (Å²) in [6.07, 6.45) is -12.4. The van der Waals surface area contributed by atoms with Gasteiger partial charge in [0.1, 0.15) is 0 Å². The smallest absolute Gasteiger partial charge is 0.268 e. The molecule has 0 atom stereocenters. The van der Waals surface area contributed by atoms with Gasteiger partial charge >= 0.3 is 12.4 Å². The Balaban J connectivity index is 1.51. The molecule has 9 nitrogen and oxygen atoms in total. The Kier molecular flexibility index (Phi) is 8.44. The molecule has 0 aromatic heterocycles. The van der Waals surface area contributed by atoms with Gasteiger partial charge in [-0.2, -0.15) is 26.3 Å². The summed E-state index contributed by atoms with van der Waals surface area (Å²) in [5, 5.41) is 11.2. The van der Waals surface area contributed by atoms with E-state index in [9.17, 15) is 29.3 Å². The molecule has 0 bridgehead atoms. The minimum Gasteiger partial charge on any atom is -0.268 e. The van der Waals surface area contributed by atoms with Crippen molar-refractivity contribution in [2.24, 2.45) is 0 Å². The SMILES string of the molecule is O=C1c2ccc(C(c3ccc4c(c3)C(=O)N(c3c(Br)cc([N+](=O)[O-])cc3Br)C4=O)(C(F)(F)F)C(F)(F)F)cc2C(=O)N1c1ccc(Cl)cc1Cl. The highest BCUT2D eigenvalue weighted by Crippen LogP contribution is 2.57. The molecule has 4 amide bonds. The van der Waals surface area contributed by atoms with E-state index in [4.69, 9.17) is 23.2 Å². The largest absolute Gasteiger partial charge is 0.411 e. The average Bonchev–Trinajstić information content (AvgIpc) is 3.39. The molecule has 0 saturated heterocycles. The zero-order valence-electron chi connectivity index (χ0n) is 23.9. The molecule has 50 heavy (non-hydrogen) atoms. The summed E-state index contributed by atoms with van der Waals surface area (Å²) in [5.41, 5.74) is -11.6. The van der Waals surface area contributed by atoms with Crippen LogP contribution in [-0.2, 0) is 5.41 Å². The van der Waals surface area contributed by atoms with Gasteiger partial charge in [0.05, 0.1) is 43.6 Å². The van der Waals surface area contributed by atoms with Gasteiger partial charge in [-0.25, -0.2) is 9.80 Å². The second kappa shape index (κ2) is 11.9. The Labute approximate surface area is 301 Å². The van der Waals surface area contributed by atoms with Crippen LogP contribution in [0.1, 0.15) is 52.6 Å². The summed E-state index contributed by atoms with van der Waals surface area (Å²) in [6.45, 7) is 0. The fraction of sp³-hybridized carbons (Fsp3) is 0.0968. The monoisotopic (exact) mass is 863 g/mol. The van der Waals surface area contributed by atoms with Crippen molar-refractivity contribution in [3.63, 3.8) is 0 Å². The molecular weight excluding hydrogens is 855 g/mol. The molecule has 256 valence electrons. The van der Waals surface area contributed by atoms with Gasteiger partial charge in [-0.1, -0.05) is 35.3 Å². The number of fused-ring (bicyclic) bond motifs is 2. The van der Waals surface area contributed by atoms with E-state index in [0.717, 1.165) is 12.1 Å². The molecule has 2 aliphatic heterocycles. The van der Waals surface area contributed by atoms with Crippen LogP contribution in [0.5, 0.6) is 0 Å². The number of rotatable bonds is 5. The Bertz CT molecular complexity index is 2210. The van der Waals surface area contributed by atoms with Gasteiger partial charge in [-0.15, -0.1) is 0 Å². The van der Waals surface area contributed by atoms with Crippen molar-refractivity contribution in [2.75, 3.05) is 9.80 Å². The maximum absolute atomic E-state index is 15.1. The summed E-state index contributed by atoms with van der Waals surface area (Å²) in [6, 6.07) is 8.12. The predicted molar refractivity (Wildman–Crippen MR) is 173 cm³/mol. The second-order valence-corrected chi connectivity index (χ2v) is 13.3. The number of hydrogen-bond acceptors (Lipinski definition) is 6. The molecule has 0 aliphatic carbocycles. The Morgan fingerprint density at radius 1 is 0.620 bits per heavy atom. The van der Waals surface area contributed by atoms with Crippen LogP contribution < -0.4 is 9.80 Å². The number of nitro groups is 1. The van der Waals surface area contributed by atoms with Gasteiger partial charge in [0.15, 0.2) is 0 Å². The van der Waals surface area contributed by atoms with Gasteiger partial charge in [-0.3, -0.25) is 29.3 Å². The van der Waals surface area contributed by atoms with Crippen molar-refractivity contribution in [1.82, 2.24) is 0 Å². The molecule has 0 saturated carbocycles. The third kappa shape index (κ3) is 5.12. The molecule has 0 radical (unpaired) electrons. The lowest BCUT2D eigenvalue weighted by molar-refractivity contribution is -0.385. The maximum atomic E-state index is 15.1. The van der Waals surface area contributed by atoms with Gasteiger partial charge < -0.3 is 0 Å². The van der Waals surface area contributed by atoms with E-state index < -0.39 is 85.4 Å². The number of imide groups is 2. The van der Waals surface area contributed by atoms with Gasteiger partial charge in [0.2, 0.25) is 5.41 Å². The van der Waals surface area contributed by atoms with Crippen LogP contribution in [0.15, 0.2) is 75.7 Å². The minimum absolute atomic E-state index is 0.114. The van der Waals surface area contributed by atoms with E-state index in [1.54, 1.807) is 0 Å². The number of benzene rings is 4. The molecule has 0 spiro atoms. The molecule has 4 aromatic rings. The first-order valence-corrected chi connectivity index (χ1v) is 15.8. The van der Waals surface area contributed by atoms with Crippen LogP contribution in [0.3, 0.4) is 0 Å². The Hall–Kier alpha value is -4.32. The van der Waals surface area contributed by atoms with Crippen molar-refractivity contribution in [3.8, 4) is 0 Å². The highest BCUT2D eigenvalue weighted by atomic mass is 79.9. The number of carbonyl (C=O) groups is 4. The highest BCUT2D eigenvalue weighted by molar-refractivity contribution is 9.11.